The number of piperazine rings is 1. The number of hydrogen-bond donors (Lipinski definition) is 0. The van der Waals surface area contributed by atoms with Crippen LogP contribution in [-0.2, 0) is 6.18 Å². The second kappa shape index (κ2) is 8.05. The van der Waals surface area contributed by atoms with Gasteiger partial charge in [-0.2, -0.15) is 18.3 Å². The number of carbonyl (C=O) groups excluding carboxylic acids is 1. The number of aryl methyl sites for hydroxylation is 1. The topological polar surface area (TPSA) is 41.4 Å². The molecule has 3 aromatic rings. The predicted molar refractivity (Wildman–Crippen MR) is 108 cm³/mol. The van der Waals surface area contributed by atoms with Gasteiger partial charge in [0.25, 0.3) is 5.91 Å². The van der Waals surface area contributed by atoms with Gasteiger partial charge < -0.3 is 9.80 Å². The summed E-state index contributed by atoms with van der Waals surface area (Å²) in [7, 11) is 0. The van der Waals surface area contributed by atoms with Crippen molar-refractivity contribution < 1.29 is 22.4 Å². The molecule has 0 bridgehead atoms. The van der Waals surface area contributed by atoms with E-state index in [-0.39, 0.29) is 24.6 Å². The van der Waals surface area contributed by atoms with Gasteiger partial charge in [0.05, 0.1) is 23.1 Å². The standard InChI is InChI=1S/C22H20F4N4O/c1-15-6-8-16(9-7-15)30-20(22(24,25)26)17(14-27-30)21(31)29-12-10-28(11-13-29)19-5-3-2-4-18(19)23/h2-9,14H,10-13H2,1H3. The minimum atomic E-state index is -4.76. The molecule has 1 aromatic heterocycles. The van der Waals surface area contributed by atoms with Crippen molar-refractivity contribution in [1.82, 2.24) is 14.7 Å². The number of amides is 1. The fourth-order valence-electron chi connectivity index (χ4n) is 3.69. The zero-order chi connectivity index (χ0) is 22.2. The van der Waals surface area contributed by atoms with E-state index in [1.807, 2.05) is 6.92 Å². The Labute approximate surface area is 176 Å². The molecule has 0 N–H and O–H groups in total. The highest BCUT2D eigenvalue weighted by molar-refractivity contribution is 5.95. The summed E-state index contributed by atoms with van der Waals surface area (Å²) in [6.07, 6.45) is -3.80. The molecule has 4 rings (SSSR count). The zero-order valence-corrected chi connectivity index (χ0v) is 16.7. The first-order valence-electron chi connectivity index (χ1n) is 9.76. The summed E-state index contributed by atoms with van der Waals surface area (Å²) in [5.41, 5.74) is -0.0575. The van der Waals surface area contributed by atoms with Gasteiger partial charge in [0.2, 0.25) is 0 Å². The van der Waals surface area contributed by atoms with Gasteiger partial charge in [-0.05, 0) is 31.2 Å². The Kier molecular flexibility index (Phi) is 5.43. The molecule has 1 fully saturated rings. The molecule has 5 nitrogen and oxygen atoms in total. The van der Waals surface area contributed by atoms with Crippen molar-refractivity contribution in [2.24, 2.45) is 0 Å². The normalized spacial score (nSPS) is 14.7. The number of carbonyl (C=O) groups is 1. The molecule has 2 heterocycles. The van der Waals surface area contributed by atoms with Crippen molar-refractivity contribution >= 4 is 11.6 Å². The third-order valence-corrected chi connectivity index (χ3v) is 5.31. The third-order valence-electron chi connectivity index (χ3n) is 5.31. The van der Waals surface area contributed by atoms with Crippen LogP contribution in [0.5, 0.6) is 0 Å². The van der Waals surface area contributed by atoms with E-state index >= 15 is 0 Å². The molecule has 0 spiro atoms. The lowest BCUT2D eigenvalue weighted by molar-refractivity contribution is -0.143. The molecule has 1 aliphatic heterocycles. The Hall–Kier alpha value is -3.36. The second-order valence-electron chi connectivity index (χ2n) is 7.38. The lowest BCUT2D eigenvalue weighted by Crippen LogP contribution is -2.49. The van der Waals surface area contributed by atoms with Gasteiger partial charge in [-0.1, -0.05) is 29.8 Å². The molecular weight excluding hydrogens is 412 g/mol. The third kappa shape index (κ3) is 4.12. The van der Waals surface area contributed by atoms with Crippen LogP contribution in [0.25, 0.3) is 5.69 Å². The van der Waals surface area contributed by atoms with Crippen molar-refractivity contribution in [1.29, 1.82) is 0 Å². The Morgan fingerprint density at radius 1 is 0.968 bits per heavy atom. The van der Waals surface area contributed by atoms with Crippen LogP contribution in [0.4, 0.5) is 23.2 Å². The number of halogens is 4. The SMILES string of the molecule is Cc1ccc(-n2ncc(C(=O)N3CCN(c4ccccc4F)CC3)c2C(F)(F)F)cc1. The van der Waals surface area contributed by atoms with Crippen LogP contribution in [0, 0.1) is 12.7 Å². The highest BCUT2D eigenvalue weighted by Gasteiger charge is 2.41. The van der Waals surface area contributed by atoms with Crippen molar-refractivity contribution in [2.45, 2.75) is 13.1 Å². The van der Waals surface area contributed by atoms with Gasteiger partial charge in [-0.3, -0.25) is 4.79 Å². The summed E-state index contributed by atoms with van der Waals surface area (Å²) in [5.74, 6) is -1.11. The van der Waals surface area contributed by atoms with Crippen molar-refractivity contribution in [3.8, 4) is 5.69 Å². The summed E-state index contributed by atoms with van der Waals surface area (Å²) >= 11 is 0. The first-order chi connectivity index (χ1) is 14.8. The van der Waals surface area contributed by atoms with E-state index in [0.717, 1.165) is 16.4 Å². The quantitative estimate of drug-likeness (QED) is 0.580. The van der Waals surface area contributed by atoms with E-state index in [4.69, 9.17) is 0 Å². The maximum absolute atomic E-state index is 14.0. The molecule has 0 radical (unpaired) electrons. The van der Waals surface area contributed by atoms with Crippen LogP contribution in [0.15, 0.2) is 54.7 Å². The van der Waals surface area contributed by atoms with Crippen LogP contribution in [-0.4, -0.2) is 46.8 Å². The Bertz CT molecular complexity index is 1080. The summed E-state index contributed by atoms with van der Waals surface area (Å²) in [6.45, 7) is 2.83. The smallest absolute Gasteiger partial charge is 0.366 e. The Balaban J connectivity index is 1.58. The number of hydrogen-bond acceptors (Lipinski definition) is 3. The van der Waals surface area contributed by atoms with Crippen LogP contribution < -0.4 is 4.90 Å². The molecule has 162 valence electrons. The van der Waals surface area contributed by atoms with Gasteiger partial charge in [0.1, 0.15) is 5.82 Å². The highest BCUT2D eigenvalue weighted by Crippen LogP contribution is 2.34. The number of aromatic nitrogens is 2. The fraction of sp³-hybridized carbons (Fsp3) is 0.273. The average Bonchev–Trinajstić information content (AvgIpc) is 3.20. The molecule has 1 aliphatic rings. The van der Waals surface area contributed by atoms with E-state index in [2.05, 4.69) is 5.10 Å². The summed E-state index contributed by atoms with van der Waals surface area (Å²) in [4.78, 5) is 16.1. The molecule has 0 atom stereocenters. The van der Waals surface area contributed by atoms with E-state index in [9.17, 15) is 22.4 Å². The summed E-state index contributed by atoms with van der Waals surface area (Å²) in [6, 6.07) is 12.7. The first kappa shape index (κ1) is 20.9. The lowest BCUT2D eigenvalue weighted by Gasteiger charge is -2.36. The Morgan fingerprint density at radius 3 is 2.23 bits per heavy atom. The monoisotopic (exact) mass is 432 g/mol. The molecule has 1 saturated heterocycles. The van der Waals surface area contributed by atoms with E-state index in [1.54, 1.807) is 35.2 Å². The first-order valence-corrected chi connectivity index (χ1v) is 9.76. The fourth-order valence-corrected chi connectivity index (χ4v) is 3.69. The summed E-state index contributed by atoms with van der Waals surface area (Å²) in [5, 5.41) is 3.86. The number of para-hydroxylation sites is 1. The van der Waals surface area contributed by atoms with Gasteiger partial charge in [0, 0.05) is 26.2 Å². The predicted octanol–water partition coefficient (Wildman–Crippen LogP) is 4.30. The van der Waals surface area contributed by atoms with Crippen LogP contribution in [0.3, 0.4) is 0 Å². The maximum Gasteiger partial charge on any atom is 0.434 e. The molecule has 31 heavy (non-hydrogen) atoms. The van der Waals surface area contributed by atoms with Crippen LogP contribution in [0.1, 0.15) is 21.6 Å². The Morgan fingerprint density at radius 2 is 1.61 bits per heavy atom. The number of alkyl halides is 3. The molecular formula is C22H20F4N4O. The van der Waals surface area contributed by atoms with E-state index in [0.29, 0.717) is 18.8 Å². The van der Waals surface area contributed by atoms with Gasteiger partial charge in [-0.25, -0.2) is 9.07 Å². The van der Waals surface area contributed by atoms with Crippen molar-refractivity contribution in [3.63, 3.8) is 0 Å². The number of anilines is 1. The van der Waals surface area contributed by atoms with Gasteiger partial charge >= 0.3 is 6.18 Å². The van der Waals surface area contributed by atoms with E-state index < -0.39 is 23.3 Å². The second-order valence-corrected chi connectivity index (χ2v) is 7.38. The van der Waals surface area contributed by atoms with Crippen LogP contribution >= 0.6 is 0 Å². The molecule has 0 unspecified atom stereocenters. The molecule has 9 heteroatoms. The van der Waals surface area contributed by atoms with Gasteiger partial charge in [-0.15, -0.1) is 0 Å². The average molecular weight is 432 g/mol. The molecule has 1 amide bonds. The summed E-state index contributed by atoms with van der Waals surface area (Å²) < 4.78 is 56.4. The molecule has 2 aromatic carbocycles. The minimum absolute atomic E-state index is 0.181. The number of rotatable bonds is 3. The van der Waals surface area contributed by atoms with Crippen molar-refractivity contribution in [3.05, 3.63) is 77.4 Å². The lowest BCUT2D eigenvalue weighted by atomic mass is 10.1. The number of benzene rings is 2. The van der Waals surface area contributed by atoms with Crippen molar-refractivity contribution in [2.75, 3.05) is 31.1 Å². The molecule has 0 saturated carbocycles. The number of nitrogens with zero attached hydrogens (tertiary/aromatic N) is 4. The van der Waals surface area contributed by atoms with E-state index in [1.165, 1.54) is 23.1 Å². The molecule has 0 aliphatic carbocycles. The van der Waals surface area contributed by atoms with Gasteiger partial charge in [0.15, 0.2) is 5.69 Å². The zero-order valence-electron chi connectivity index (χ0n) is 16.7. The minimum Gasteiger partial charge on any atom is -0.366 e. The highest BCUT2D eigenvalue weighted by atomic mass is 19.4. The largest absolute Gasteiger partial charge is 0.434 e. The maximum atomic E-state index is 14.0. The van der Waals surface area contributed by atoms with Crippen LogP contribution in [0.2, 0.25) is 0 Å².